The fourth-order valence-electron chi connectivity index (χ4n) is 1.75. The van der Waals surface area contributed by atoms with Crippen molar-refractivity contribution in [3.8, 4) is 17.4 Å². The first-order valence-corrected chi connectivity index (χ1v) is 6.49. The number of aryl methyl sites for hydroxylation is 1. The molecule has 0 spiro atoms. The number of fused-ring (bicyclic) bond motifs is 1. The lowest BCUT2D eigenvalue weighted by Gasteiger charge is -2.08. The molecule has 96 valence electrons. The van der Waals surface area contributed by atoms with E-state index in [0.717, 1.165) is 15.8 Å². The lowest BCUT2D eigenvalue weighted by Crippen LogP contribution is -1.94. The van der Waals surface area contributed by atoms with E-state index in [1.807, 2.05) is 12.3 Å². The number of hydrogen-bond donors (Lipinski definition) is 2. The van der Waals surface area contributed by atoms with Crippen molar-refractivity contribution >= 4 is 27.2 Å². The molecule has 0 aliphatic carbocycles. The molecule has 19 heavy (non-hydrogen) atoms. The Hall–Kier alpha value is -2.34. The molecule has 2 aromatic heterocycles. The molecule has 0 fully saturated rings. The number of anilines is 1. The largest absolute Gasteiger partial charge is 0.506 e. The second kappa shape index (κ2) is 4.40. The van der Waals surface area contributed by atoms with Crippen LogP contribution in [0.25, 0.3) is 10.2 Å². The van der Waals surface area contributed by atoms with Crippen LogP contribution in [0.5, 0.6) is 17.4 Å². The molecule has 0 saturated heterocycles. The van der Waals surface area contributed by atoms with Crippen LogP contribution in [0.1, 0.15) is 5.56 Å². The second-order valence-electron chi connectivity index (χ2n) is 4.07. The van der Waals surface area contributed by atoms with Crippen molar-refractivity contribution in [3.05, 3.63) is 35.5 Å². The molecule has 3 aromatic rings. The predicted octanol–water partition coefficient (Wildman–Crippen LogP) is 3.08. The van der Waals surface area contributed by atoms with Crippen molar-refractivity contribution in [3.63, 3.8) is 0 Å². The highest BCUT2D eigenvalue weighted by atomic mass is 32.1. The van der Waals surface area contributed by atoms with Gasteiger partial charge < -0.3 is 15.6 Å². The highest BCUT2D eigenvalue weighted by Gasteiger charge is 2.12. The number of aromatic hydroxyl groups is 1. The van der Waals surface area contributed by atoms with E-state index in [4.69, 9.17) is 10.5 Å². The highest BCUT2D eigenvalue weighted by Crippen LogP contribution is 2.37. The quantitative estimate of drug-likeness (QED) is 0.554. The van der Waals surface area contributed by atoms with E-state index in [0.29, 0.717) is 11.6 Å². The third kappa shape index (κ3) is 1.96. The number of benzene rings is 1. The molecule has 2 heterocycles. The van der Waals surface area contributed by atoms with Crippen molar-refractivity contribution in [2.24, 2.45) is 0 Å². The fraction of sp³-hybridized carbons (Fsp3) is 0.0769. The summed E-state index contributed by atoms with van der Waals surface area (Å²) in [7, 11) is 0. The average Bonchev–Trinajstić information content (AvgIpc) is 2.78. The lowest BCUT2D eigenvalue weighted by molar-refractivity contribution is 0.453. The molecule has 0 aliphatic rings. The van der Waals surface area contributed by atoms with Gasteiger partial charge in [0.1, 0.15) is 22.5 Å². The molecule has 6 heteroatoms. The summed E-state index contributed by atoms with van der Waals surface area (Å²) in [5.41, 5.74) is 7.91. The van der Waals surface area contributed by atoms with Gasteiger partial charge in [-0.05, 0) is 30.0 Å². The van der Waals surface area contributed by atoms with Gasteiger partial charge in [-0.15, -0.1) is 11.3 Å². The Morgan fingerprint density at radius 1 is 1.32 bits per heavy atom. The molecule has 0 bridgehead atoms. The molecule has 0 saturated carbocycles. The predicted molar refractivity (Wildman–Crippen MR) is 74.7 cm³/mol. The third-order valence-corrected chi connectivity index (χ3v) is 3.82. The van der Waals surface area contributed by atoms with Crippen LogP contribution < -0.4 is 10.5 Å². The van der Waals surface area contributed by atoms with Crippen LogP contribution >= 0.6 is 11.3 Å². The maximum Gasteiger partial charge on any atom is 0.240 e. The molecular formula is C13H11N3O2S. The number of nitrogens with zero attached hydrogens (tertiary/aromatic N) is 2. The normalized spacial score (nSPS) is 10.8. The van der Waals surface area contributed by atoms with Crippen LogP contribution in [0.15, 0.2) is 29.9 Å². The number of phenolic OH excluding ortho intramolecular Hbond substituents is 1. The number of hydrogen-bond acceptors (Lipinski definition) is 6. The van der Waals surface area contributed by atoms with E-state index >= 15 is 0 Å². The van der Waals surface area contributed by atoms with E-state index in [-0.39, 0.29) is 11.4 Å². The Morgan fingerprint density at radius 2 is 2.16 bits per heavy atom. The summed E-state index contributed by atoms with van der Waals surface area (Å²) in [4.78, 5) is 8.35. The van der Waals surface area contributed by atoms with Gasteiger partial charge in [0.15, 0.2) is 5.75 Å². The standard InChI is InChI=1S/C13H11N3O2S/c1-7-5-19-12-11(7)15-6-16-13(12)18-9-4-2-3-8(17)10(9)14/h2-6,17H,14H2,1H3. The Kier molecular flexibility index (Phi) is 2.72. The zero-order valence-corrected chi connectivity index (χ0v) is 10.9. The van der Waals surface area contributed by atoms with Crippen LogP contribution in [0.3, 0.4) is 0 Å². The Morgan fingerprint density at radius 3 is 3.00 bits per heavy atom. The minimum Gasteiger partial charge on any atom is -0.506 e. The van der Waals surface area contributed by atoms with E-state index in [1.54, 1.807) is 12.1 Å². The van der Waals surface area contributed by atoms with Crippen LogP contribution in [0, 0.1) is 6.92 Å². The van der Waals surface area contributed by atoms with Crippen molar-refractivity contribution in [2.75, 3.05) is 5.73 Å². The minimum atomic E-state index is -0.00911. The molecule has 3 N–H and O–H groups in total. The van der Waals surface area contributed by atoms with E-state index in [9.17, 15) is 5.11 Å². The van der Waals surface area contributed by atoms with Crippen molar-refractivity contribution in [1.82, 2.24) is 9.97 Å². The number of nitrogens with two attached hydrogens (primary N) is 1. The van der Waals surface area contributed by atoms with Gasteiger partial charge in [0, 0.05) is 0 Å². The number of nitrogen functional groups attached to an aromatic ring is 1. The molecule has 0 atom stereocenters. The Balaban J connectivity index is 2.08. The molecule has 0 aliphatic heterocycles. The lowest BCUT2D eigenvalue weighted by atomic mass is 10.3. The van der Waals surface area contributed by atoms with Crippen molar-refractivity contribution in [2.45, 2.75) is 6.92 Å². The number of aromatic nitrogens is 2. The second-order valence-corrected chi connectivity index (χ2v) is 4.95. The van der Waals surface area contributed by atoms with Gasteiger partial charge in [0.05, 0.1) is 5.52 Å². The maximum atomic E-state index is 9.56. The first-order valence-electron chi connectivity index (χ1n) is 5.61. The fourth-order valence-corrected chi connectivity index (χ4v) is 2.67. The van der Waals surface area contributed by atoms with Crippen molar-refractivity contribution < 1.29 is 9.84 Å². The van der Waals surface area contributed by atoms with Crippen LogP contribution in [0.4, 0.5) is 5.69 Å². The topological polar surface area (TPSA) is 81.3 Å². The number of para-hydroxylation sites is 1. The molecule has 0 amide bonds. The summed E-state index contributed by atoms with van der Waals surface area (Å²) < 4.78 is 6.55. The van der Waals surface area contributed by atoms with Gasteiger partial charge >= 0.3 is 0 Å². The first-order chi connectivity index (χ1) is 9.16. The summed E-state index contributed by atoms with van der Waals surface area (Å²) in [5.74, 6) is 0.816. The summed E-state index contributed by atoms with van der Waals surface area (Å²) in [6, 6.07) is 4.86. The van der Waals surface area contributed by atoms with Gasteiger partial charge in [-0.25, -0.2) is 9.97 Å². The maximum absolute atomic E-state index is 9.56. The molecule has 0 radical (unpaired) electrons. The Labute approximate surface area is 113 Å². The van der Waals surface area contributed by atoms with Crippen LogP contribution in [-0.4, -0.2) is 15.1 Å². The van der Waals surface area contributed by atoms with Crippen LogP contribution in [0.2, 0.25) is 0 Å². The molecule has 1 aromatic carbocycles. The smallest absolute Gasteiger partial charge is 0.240 e. The monoisotopic (exact) mass is 273 g/mol. The van der Waals surface area contributed by atoms with Crippen LogP contribution in [-0.2, 0) is 0 Å². The molecule has 3 rings (SSSR count). The van der Waals surface area contributed by atoms with Gasteiger partial charge in [-0.1, -0.05) is 6.07 Å². The average molecular weight is 273 g/mol. The van der Waals surface area contributed by atoms with Gasteiger partial charge in [0.2, 0.25) is 5.88 Å². The van der Waals surface area contributed by atoms with E-state index < -0.39 is 0 Å². The summed E-state index contributed by atoms with van der Waals surface area (Å²) >= 11 is 1.52. The number of phenols is 1. The van der Waals surface area contributed by atoms with Gasteiger partial charge in [-0.2, -0.15) is 0 Å². The minimum absolute atomic E-state index is 0.00911. The van der Waals surface area contributed by atoms with E-state index in [2.05, 4.69) is 9.97 Å². The molecule has 0 unspecified atom stereocenters. The third-order valence-electron chi connectivity index (χ3n) is 2.75. The van der Waals surface area contributed by atoms with E-state index in [1.165, 1.54) is 23.7 Å². The Bertz CT molecular complexity index is 755. The molecular weight excluding hydrogens is 262 g/mol. The van der Waals surface area contributed by atoms with Gasteiger partial charge in [0.25, 0.3) is 0 Å². The zero-order valence-electron chi connectivity index (χ0n) is 10.1. The first kappa shape index (κ1) is 11.7. The van der Waals surface area contributed by atoms with Gasteiger partial charge in [-0.3, -0.25) is 0 Å². The SMILES string of the molecule is Cc1csc2c(Oc3cccc(O)c3N)ncnc12. The highest BCUT2D eigenvalue weighted by molar-refractivity contribution is 7.17. The summed E-state index contributed by atoms with van der Waals surface area (Å²) in [5, 5.41) is 11.6. The zero-order chi connectivity index (χ0) is 13.4. The van der Waals surface area contributed by atoms with Crippen molar-refractivity contribution in [1.29, 1.82) is 0 Å². The summed E-state index contributed by atoms with van der Waals surface area (Å²) in [6.07, 6.45) is 1.45. The summed E-state index contributed by atoms with van der Waals surface area (Å²) in [6.45, 7) is 1.98. The number of ether oxygens (including phenoxy) is 1. The molecule has 5 nitrogen and oxygen atoms in total. The number of rotatable bonds is 2. The number of thiophene rings is 1.